The molecule has 2 N–H and O–H groups in total. The van der Waals surface area contributed by atoms with E-state index in [1.807, 2.05) is 0 Å². The Balaban J connectivity index is 2.51. The van der Waals surface area contributed by atoms with Crippen LogP contribution in [0.2, 0.25) is 0 Å². The van der Waals surface area contributed by atoms with Gasteiger partial charge in [-0.05, 0) is 13.3 Å². The van der Waals surface area contributed by atoms with E-state index >= 15 is 0 Å². The lowest BCUT2D eigenvalue weighted by Gasteiger charge is -2.21. The van der Waals surface area contributed by atoms with Crippen LogP contribution in [-0.4, -0.2) is 45.7 Å². The fourth-order valence-corrected chi connectivity index (χ4v) is 2.43. The zero-order valence-corrected chi connectivity index (χ0v) is 8.68. The standard InChI is InChI=1S/C8H16N2O2S/c1-7(9)8(11)10-3-2-5-13(12)6-4-10/h7H,2-6,9H2,1H3/t7-,13?/m1/s1. The average molecular weight is 204 g/mol. The first-order valence-electron chi connectivity index (χ1n) is 4.50. The van der Waals surface area contributed by atoms with Crippen molar-refractivity contribution in [2.24, 2.45) is 5.73 Å². The lowest BCUT2D eigenvalue weighted by Crippen LogP contribution is -2.43. The van der Waals surface area contributed by atoms with Crippen LogP contribution in [0, 0.1) is 0 Å². The maximum Gasteiger partial charge on any atom is 0.239 e. The van der Waals surface area contributed by atoms with E-state index in [4.69, 9.17) is 5.73 Å². The normalized spacial score (nSPS) is 26.6. The molecule has 1 saturated heterocycles. The number of rotatable bonds is 1. The first-order chi connectivity index (χ1) is 6.11. The summed E-state index contributed by atoms with van der Waals surface area (Å²) in [6.45, 7) is 2.98. The van der Waals surface area contributed by atoms with Crippen molar-refractivity contribution in [3.05, 3.63) is 0 Å². The molecule has 5 heteroatoms. The Hall–Kier alpha value is -0.420. The Kier molecular flexibility index (Phi) is 3.87. The summed E-state index contributed by atoms with van der Waals surface area (Å²) < 4.78 is 11.2. The highest BCUT2D eigenvalue weighted by molar-refractivity contribution is 7.85. The molecule has 13 heavy (non-hydrogen) atoms. The molecule has 1 rings (SSSR count). The van der Waals surface area contributed by atoms with Crippen molar-refractivity contribution in [2.75, 3.05) is 24.6 Å². The molecule has 0 bridgehead atoms. The van der Waals surface area contributed by atoms with Gasteiger partial charge in [0.2, 0.25) is 5.91 Å². The lowest BCUT2D eigenvalue weighted by molar-refractivity contribution is -0.131. The van der Waals surface area contributed by atoms with Crippen LogP contribution in [0.15, 0.2) is 0 Å². The molecule has 0 radical (unpaired) electrons. The van der Waals surface area contributed by atoms with Gasteiger partial charge in [-0.1, -0.05) is 0 Å². The fourth-order valence-electron chi connectivity index (χ4n) is 1.35. The summed E-state index contributed by atoms with van der Waals surface area (Å²) >= 11 is 0. The SMILES string of the molecule is C[C@@H](N)C(=O)N1CCCS(=O)CC1. The molecule has 0 saturated carbocycles. The molecule has 1 aliphatic rings. The summed E-state index contributed by atoms with van der Waals surface area (Å²) in [7, 11) is -0.743. The summed E-state index contributed by atoms with van der Waals surface area (Å²) in [5.41, 5.74) is 5.49. The Morgan fingerprint density at radius 3 is 2.77 bits per heavy atom. The Morgan fingerprint density at radius 1 is 1.46 bits per heavy atom. The lowest BCUT2D eigenvalue weighted by atomic mass is 10.3. The van der Waals surface area contributed by atoms with Gasteiger partial charge in [0.25, 0.3) is 0 Å². The summed E-state index contributed by atoms with van der Waals surface area (Å²) in [5, 5.41) is 0. The molecule has 2 atom stereocenters. The molecule has 0 aromatic heterocycles. The van der Waals surface area contributed by atoms with Crippen LogP contribution in [-0.2, 0) is 15.6 Å². The predicted molar refractivity (Wildman–Crippen MR) is 52.7 cm³/mol. The van der Waals surface area contributed by atoms with E-state index in [0.717, 1.165) is 6.42 Å². The minimum Gasteiger partial charge on any atom is -0.340 e. The Morgan fingerprint density at radius 2 is 2.15 bits per heavy atom. The van der Waals surface area contributed by atoms with Gasteiger partial charge in [-0.2, -0.15) is 0 Å². The third kappa shape index (κ3) is 3.08. The summed E-state index contributed by atoms with van der Waals surface area (Å²) in [6.07, 6.45) is 0.824. The molecule has 1 fully saturated rings. The third-order valence-corrected chi connectivity index (χ3v) is 3.47. The molecular weight excluding hydrogens is 188 g/mol. The maximum atomic E-state index is 11.5. The van der Waals surface area contributed by atoms with E-state index in [1.165, 1.54) is 0 Å². The highest BCUT2D eigenvalue weighted by Gasteiger charge is 2.20. The number of hydrogen-bond donors (Lipinski definition) is 1. The van der Waals surface area contributed by atoms with Gasteiger partial charge in [-0.15, -0.1) is 0 Å². The Labute approximate surface area is 80.9 Å². The smallest absolute Gasteiger partial charge is 0.239 e. The molecule has 0 aromatic carbocycles. The van der Waals surface area contributed by atoms with Gasteiger partial charge in [0.05, 0.1) is 6.04 Å². The van der Waals surface area contributed by atoms with Crippen LogP contribution >= 0.6 is 0 Å². The van der Waals surface area contributed by atoms with Crippen molar-refractivity contribution in [2.45, 2.75) is 19.4 Å². The molecule has 4 nitrogen and oxygen atoms in total. The van der Waals surface area contributed by atoms with E-state index in [1.54, 1.807) is 11.8 Å². The van der Waals surface area contributed by atoms with Crippen LogP contribution in [0.4, 0.5) is 0 Å². The van der Waals surface area contributed by atoms with Gasteiger partial charge in [-0.3, -0.25) is 9.00 Å². The number of amides is 1. The number of hydrogen-bond acceptors (Lipinski definition) is 3. The highest BCUT2D eigenvalue weighted by atomic mass is 32.2. The molecule has 1 heterocycles. The second kappa shape index (κ2) is 4.72. The molecule has 0 aromatic rings. The first-order valence-corrected chi connectivity index (χ1v) is 5.99. The Bertz CT molecular complexity index is 218. The second-order valence-corrected chi connectivity index (χ2v) is 5.01. The monoisotopic (exact) mass is 204 g/mol. The summed E-state index contributed by atoms with van der Waals surface area (Å²) in [4.78, 5) is 13.2. The first kappa shape index (κ1) is 10.7. The molecule has 1 amide bonds. The van der Waals surface area contributed by atoms with Gasteiger partial charge in [0.15, 0.2) is 0 Å². The number of carbonyl (C=O) groups excluding carboxylic acids is 1. The van der Waals surface area contributed by atoms with Gasteiger partial charge in [0, 0.05) is 35.4 Å². The quantitative estimate of drug-likeness (QED) is 0.615. The van der Waals surface area contributed by atoms with Crippen LogP contribution in [0.5, 0.6) is 0 Å². The van der Waals surface area contributed by atoms with Crippen LogP contribution in [0.1, 0.15) is 13.3 Å². The largest absolute Gasteiger partial charge is 0.340 e. The fraction of sp³-hybridized carbons (Fsp3) is 0.875. The summed E-state index contributed by atoms with van der Waals surface area (Å²) in [5.74, 6) is 1.28. The van der Waals surface area contributed by atoms with Crippen molar-refractivity contribution in [1.82, 2.24) is 4.90 Å². The van der Waals surface area contributed by atoms with Gasteiger partial charge >= 0.3 is 0 Å². The van der Waals surface area contributed by atoms with Crippen molar-refractivity contribution in [3.8, 4) is 0 Å². The van der Waals surface area contributed by atoms with Crippen LogP contribution in [0.25, 0.3) is 0 Å². The van der Waals surface area contributed by atoms with E-state index in [-0.39, 0.29) is 5.91 Å². The van der Waals surface area contributed by atoms with Gasteiger partial charge in [-0.25, -0.2) is 0 Å². The summed E-state index contributed by atoms with van der Waals surface area (Å²) in [6, 6.07) is -0.438. The molecule has 1 aliphatic heterocycles. The molecule has 76 valence electrons. The zero-order chi connectivity index (χ0) is 9.84. The van der Waals surface area contributed by atoms with Crippen molar-refractivity contribution < 1.29 is 9.00 Å². The molecular formula is C8H16N2O2S. The average Bonchev–Trinajstić information content (AvgIpc) is 2.28. The van der Waals surface area contributed by atoms with Gasteiger partial charge < -0.3 is 10.6 Å². The molecule has 0 aliphatic carbocycles. The van der Waals surface area contributed by atoms with E-state index < -0.39 is 16.8 Å². The van der Waals surface area contributed by atoms with E-state index in [9.17, 15) is 9.00 Å². The number of nitrogens with zero attached hydrogens (tertiary/aromatic N) is 1. The van der Waals surface area contributed by atoms with Crippen LogP contribution in [0.3, 0.4) is 0 Å². The van der Waals surface area contributed by atoms with Crippen molar-refractivity contribution in [1.29, 1.82) is 0 Å². The van der Waals surface area contributed by atoms with Crippen LogP contribution < -0.4 is 5.73 Å². The maximum absolute atomic E-state index is 11.5. The zero-order valence-electron chi connectivity index (χ0n) is 7.86. The second-order valence-electron chi connectivity index (χ2n) is 3.32. The van der Waals surface area contributed by atoms with Crippen molar-refractivity contribution in [3.63, 3.8) is 0 Å². The van der Waals surface area contributed by atoms with Crippen molar-refractivity contribution >= 4 is 16.7 Å². The van der Waals surface area contributed by atoms with E-state index in [2.05, 4.69) is 0 Å². The van der Waals surface area contributed by atoms with E-state index in [0.29, 0.717) is 24.6 Å². The predicted octanol–water partition coefficient (Wildman–Crippen LogP) is -0.685. The number of carbonyl (C=O) groups is 1. The third-order valence-electron chi connectivity index (χ3n) is 2.09. The minimum atomic E-state index is -0.743. The topological polar surface area (TPSA) is 63.4 Å². The number of nitrogens with two attached hydrogens (primary N) is 1. The molecule has 1 unspecified atom stereocenters. The van der Waals surface area contributed by atoms with Gasteiger partial charge in [0.1, 0.15) is 0 Å². The minimum absolute atomic E-state index is 0.0288. The molecule has 0 spiro atoms. The highest BCUT2D eigenvalue weighted by Crippen LogP contribution is 2.03.